The van der Waals surface area contributed by atoms with E-state index in [0.717, 1.165) is 27.0 Å². The third kappa shape index (κ3) is 5.67. The van der Waals surface area contributed by atoms with Crippen LogP contribution >= 0.6 is 15.9 Å². The van der Waals surface area contributed by atoms with Crippen molar-refractivity contribution in [3.63, 3.8) is 0 Å². The molecule has 4 heteroatoms. The molecule has 0 saturated heterocycles. The summed E-state index contributed by atoms with van der Waals surface area (Å²) >= 11 is 3.52. The van der Waals surface area contributed by atoms with Gasteiger partial charge in [0.05, 0.1) is 6.54 Å². The van der Waals surface area contributed by atoms with Crippen LogP contribution in [-0.4, -0.2) is 18.7 Å². The first-order valence-electron chi connectivity index (χ1n) is 8.19. The maximum atomic E-state index is 4.78. The van der Waals surface area contributed by atoms with Crippen LogP contribution in [0.1, 0.15) is 11.1 Å². The minimum atomic E-state index is -0.362. The van der Waals surface area contributed by atoms with Crippen LogP contribution < -0.4 is 5.32 Å². The summed E-state index contributed by atoms with van der Waals surface area (Å²) in [6.07, 6.45) is 4.94. The largest absolute Gasteiger partial charge is 0.345 e. The molecule has 3 nitrogen and oxygen atoms in total. The van der Waals surface area contributed by atoms with Gasteiger partial charge in [0, 0.05) is 10.0 Å². The molecule has 0 heterocycles. The third-order valence-corrected chi connectivity index (χ3v) is 4.17. The van der Waals surface area contributed by atoms with Crippen molar-refractivity contribution < 1.29 is 0 Å². The van der Waals surface area contributed by atoms with Crippen molar-refractivity contribution in [2.75, 3.05) is 0 Å². The number of amidine groups is 1. The SMILES string of the molecule is C=C/C=C(\C=C)C(N=C)NC(=NCc1ccccc1)c1cccc(Br)c1. The molecule has 0 aliphatic carbocycles. The van der Waals surface area contributed by atoms with Crippen LogP contribution in [0, 0.1) is 0 Å². The quantitative estimate of drug-likeness (QED) is 0.359. The number of benzene rings is 2. The van der Waals surface area contributed by atoms with E-state index in [1.807, 2.05) is 48.5 Å². The van der Waals surface area contributed by atoms with Gasteiger partial charge in [0.25, 0.3) is 0 Å². The smallest absolute Gasteiger partial charge is 0.145 e. The Morgan fingerprint density at radius 1 is 1.12 bits per heavy atom. The van der Waals surface area contributed by atoms with Gasteiger partial charge < -0.3 is 5.32 Å². The highest BCUT2D eigenvalue weighted by Crippen LogP contribution is 2.14. The van der Waals surface area contributed by atoms with Crippen molar-refractivity contribution in [2.24, 2.45) is 9.98 Å². The van der Waals surface area contributed by atoms with Crippen LogP contribution in [0.15, 0.2) is 106 Å². The summed E-state index contributed by atoms with van der Waals surface area (Å²) in [5, 5.41) is 3.37. The third-order valence-electron chi connectivity index (χ3n) is 3.68. The zero-order valence-electron chi connectivity index (χ0n) is 14.6. The highest BCUT2D eigenvalue weighted by molar-refractivity contribution is 9.10. The number of hydrogen-bond acceptors (Lipinski definition) is 2. The highest BCUT2D eigenvalue weighted by Gasteiger charge is 2.13. The van der Waals surface area contributed by atoms with Crippen LogP contribution in [0.5, 0.6) is 0 Å². The molecule has 1 unspecified atom stereocenters. The Bertz CT molecular complexity index is 822. The zero-order valence-corrected chi connectivity index (χ0v) is 16.2. The minimum Gasteiger partial charge on any atom is -0.345 e. The molecule has 0 fully saturated rings. The fourth-order valence-electron chi connectivity index (χ4n) is 2.38. The summed E-state index contributed by atoms with van der Waals surface area (Å²) in [5.41, 5.74) is 2.97. The van der Waals surface area contributed by atoms with E-state index in [1.54, 1.807) is 12.2 Å². The maximum Gasteiger partial charge on any atom is 0.145 e. The van der Waals surface area contributed by atoms with Gasteiger partial charge in [0.2, 0.25) is 0 Å². The summed E-state index contributed by atoms with van der Waals surface area (Å²) < 4.78 is 0.984. The molecule has 0 aliphatic heterocycles. The molecule has 0 bridgehead atoms. The van der Waals surface area contributed by atoms with Crippen molar-refractivity contribution in [3.05, 3.63) is 107 Å². The Hall–Kier alpha value is -2.72. The van der Waals surface area contributed by atoms with Crippen molar-refractivity contribution >= 4 is 28.5 Å². The highest BCUT2D eigenvalue weighted by atomic mass is 79.9. The number of allylic oxidation sites excluding steroid dienone is 2. The van der Waals surface area contributed by atoms with Gasteiger partial charge in [-0.05, 0) is 30.0 Å². The van der Waals surface area contributed by atoms with Crippen LogP contribution in [0.25, 0.3) is 0 Å². The van der Waals surface area contributed by atoms with Gasteiger partial charge in [-0.1, -0.05) is 89.8 Å². The second-order valence-electron chi connectivity index (χ2n) is 5.50. The van der Waals surface area contributed by atoms with E-state index in [9.17, 15) is 0 Å². The lowest BCUT2D eigenvalue weighted by Crippen LogP contribution is -2.35. The fraction of sp³-hybridized carbons (Fsp3) is 0.0909. The Balaban J connectivity index is 2.36. The van der Waals surface area contributed by atoms with Crippen LogP contribution in [0.4, 0.5) is 0 Å². The number of nitrogens with one attached hydrogen (secondary N) is 1. The topological polar surface area (TPSA) is 36.8 Å². The molecule has 132 valence electrons. The van der Waals surface area contributed by atoms with Gasteiger partial charge in [-0.15, -0.1) is 0 Å². The van der Waals surface area contributed by atoms with E-state index < -0.39 is 0 Å². The van der Waals surface area contributed by atoms with E-state index in [4.69, 9.17) is 4.99 Å². The predicted octanol–water partition coefficient (Wildman–Crippen LogP) is 5.31. The molecule has 1 atom stereocenters. The monoisotopic (exact) mass is 407 g/mol. The van der Waals surface area contributed by atoms with Gasteiger partial charge in [-0.2, -0.15) is 0 Å². The minimum absolute atomic E-state index is 0.362. The Morgan fingerprint density at radius 2 is 1.88 bits per heavy atom. The van der Waals surface area contributed by atoms with E-state index in [0.29, 0.717) is 6.54 Å². The second kappa shape index (κ2) is 10.3. The molecule has 0 aliphatic rings. The molecule has 26 heavy (non-hydrogen) atoms. The lowest BCUT2D eigenvalue weighted by atomic mass is 10.1. The molecular formula is C22H22BrN3. The predicted molar refractivity (Wildman–Crippen MR) is 116 cm³/mol. The number of rotatable bonds is 8. The molecular weight excluding hydrogens is 386 g/mol. The van der Waals surface area contributed by atoms with E-state index in [2.05, 4.69) is 58.2 Å². The molecule has 0 aromatic heterocycles. The normalized spacial score (nSPS) is 13.0. The Kier molecular flexibility index (Phi) is 7.77. The van der Waals surface area contributed by atoms with Crippen LogP contribution in [-0.2, 0) is 6.54 Å². The van der Waals surface area contributed by atoms with Gasteiger partial charge in [0.15, 0.2) is 0 Å². The van der Waals surface area contributed by atoms with Gasteiger partial charge in [-0.25, -0.2) is 0 Å². The summed E-state index contributed by atoms with van der Waals surface area (Å²) in [6, 6.07) is 18.1. The first kappa shape index (κ1) is 19.6. The lowest BCUT2D eigenvalue weighted by Gasteiger charge is -2.19. The standard InChI is InChI=1S/C22H22BrN3/c1-4-10-18(5-2)21(24-3)26-22(19-13-9-14-20(23)15-19)25-16-17-11-7-6-8-12-17/h4-15,21H,1-3,16H2,(H,25,26)/b18-10+. The van der Waals surface area contributed by atoms with E-state index in [-0.39, 0.29) is 6.17 Å². The zero-order chi connectivity index (χ0) is 18.8. The second-order valence-corrected chi connectivity index (χ2v) is 6.41. The number of hydrogen-bond donors (Lipinski definition) is 1. The van der Waals surface area contributed by atoms with E-state index >= 15 is 0 Å². The van der Waals surface area contributed by atoms with Gasteiger partial charge >= 0.3 is 0 Å². The average molecular weight is 408 g/mol. The maximum absolute atomic E-state index is 4.78. The van der Waals surface area contributed by atoms with E-state index in [1.165, 1.54) is 0 Å². The fourth-order valence-corrected chi connectivity index (χ4v) is 2.78. The average Bonchev–Trinajstić information content (AvgIpc) is 2.67. The van der Waals surface area contributed by atoms with Crippen molar-refractivity contribution in [1.29, 1.82) is 0 Å². The lowest BCUT2D eigenvalue weighted by molar-refractivity contribution is 0.744. The number of nitrogens with zero attached hydrogens (tertiary/aromatic N) is 2. The molecule has 0 radical (unpaired) electrons. The summed E-state index contributed by atoms with van der Waals surface area (Å²) in [6.45, 7) is 11.8. The number of halogens is 1. The number of aliphatic imine (C=N–C) groups is 2. The first-order chi connectivity index (χ1) is 12.7. The molecule has 0 amide bonds. The molecule has 0 spiro atoms. The molecule has 1 N–H and O–H groups in total. The molecule has 2 aromatic carbocycles. The van der Waals surface area contributed by atoms with Crippen molar-refractivity contribution in [2.45, 2.75) is 12.7 Å². The Labute approximate surface area is 163 Å². The van der Waals surface area contributed by atoms with Crippen LogP contribution in [0.3, 0.4) is 0 Å². The van der Waals surface area contributed by atoms with Gasteiger partial charge in [-0.3, -0.25) is 9.98 Å². The molecule has 0 saturated carbocycles. The first-order valence-corrected chi connectivity index (χ1v) is 8.99. The van der Waals surface area contributed by atoms with Crippen molar-refractivity contribution in [1.82, 2.24) is 5.32 Å². The van der Waals surface area contributed by atoms with Crippen LogP contribution in [0.2, 0.25) is 0 Å². The summed E-state index contributed by atoms with van der Waals surface area (Å²) in [7, 11) is 0. The summed E-state index contributed by atoms with van der Waals surface area (Å²) in [5.74, 6) is 0.740. The Morgan fingerprint density at radius 3 is 2.50 bits per heavy atom. The van der Waals surface area contributed by atoms with Gasteiger partial charge in [0.1, 0.15) is 12.0 Å². The molecule has 2 aromatic rings. The molecule has 2 rings (SSSR count). The van der Waals surface area contributed by atoms with Crippen molar-refractivity contribution in [3.8, 4) is 0 Å². The summed E-state index contributed by atoms with van der Waals surface area (Å²) in [4.78, 5) is 8.96.